The zero-order valence-corrected chi connectivity index (χ0v) is 6.28. The van der Waals surface area contributed by atoms with Crippen molar-refractivity contribution in [2.45, 2.75) is 4.90 Å². The predicted molar refractivity (Wildman–Crippen MR) is 38.3 cm³/mol. The third kappa shape index (κ3) is 2.65. The number of hydrogen-bond donors (Lipinski definition) is 0. The Kier molecular flexibility index (Phi) is 3.16. The van der Waals surface area contributed by atoms with Crippen molar-refractivity contribution < 1.29 is 13.1 Å². The van der Waals surface area contributed by atoms with E-state index in [0.717, 1.165) is 0 Å². The van der Waals surface area contributed by atoms with E-state index in [-0.39, 0.29) is 9.60 Å². The molecule has 0 N–H and O–H groups in total. The number of sulfonamides is 1. The maximum atomic E-state index is 10.4. The molecule has 2 radical (unpaired) electrons. The van der Waals surface area contributed by atoms with Gasteiger partial charge in [-0.15, -0.1) is 0 Å². The summed E-state index contributed by atoms with van der Waals surface area (Å²) in [7, 11) is -4.00. The van der Waals surface area contributed by atoms with Gasteiger partial charge in [0, 0.05) is 5.14 Å². The molecule has 0 fully saturated rings. The largest absolute Gasteiger partial charge is 0.273 e. The van der Waals surface area contributed by atoms with E-state index in [9.17, 15) is 8.42 Å². The number of hydrogen-bond acceptors (Lipinski definition) is 2. The smallest absolute Gasteiger partial charge is 0.269 e. The molecule has 0 aromatic heterocycles. The number of nitrogens with zero attached hydrogens (tertiary/aromatic N) is 1. The summed E-state index contributed by atoms with van der Waals surface area (Å²) in [6, 6.07) is 7.42. The Hall–Kier alpha value is -0.940. The van der Waals surface area contributed by atoms with E-state index < -0.39 is 10.0 Å². The van der Waals surface area contributed by atoms with Crippen molar-refractivity contribution in [2.24, 2.45) is 0 Å². The fraction of sp³-hybridized carbons (Fsp3) is 0. The second-order valence-electron chi connectivity index (χ2n) is 1.79. The van der Waals surface area contributed by atoms with Crippen molar-refractivity contribution in [2.75, 3.05) is 0 Å². The lowest BCUT2D eigenvalue weighted by molar-refractivity contribution is 0.596. The van der Waals surface area contributed by atoms with Crippen molar-refractivity contribution in [1.82, 2.24) is 5.14 Å². The summed E-state index contributed by atoms with van der Waals surface area (Å²) >= 11 is 0. The van der Waals surface area contributed by atoms with Crippen molar-refractivity contribution >= 4 is 10.0 Å². The first-order valence-electron chi connectivity index (χ1n) is 2.63. The fourth-order valence-electron chi connectivity index (χ4n) is 0.592. The Morgan fingerprint density at radius 1 is 1.09 bits per heavy atom. The molecule has 0 atom stereocenters. The van der Waals surface area contributed by atoms with Crippen molar-refractivity contribution in [1.29, 1.82) is 0 Å². The first kappa shape index (κ1) is 10.1. The summed E-state index contributed by atoms with van der Waals surface area (Å²) in [6.45, 7) is 0. The molecule has 1 aromatic carbocycles. The van der Waals surface area contributed by atoms with Gasteiger partial charge in [0.1, 0.15) is 0 Å². The van der Waals surface area contributed by atoms with Crippen LogP contribution in [0.25, 0.3) is 0 Å². The van der Waals surface area contributed by atoms with Crippen LogP contribution in [0.3, 0.4) is 0 Å². The molecule has 0 amide bonds. The molecule has 0 bridgehead atoms. The normalized spacial score (nSPS) is 10.3. The monoisotopic (exact) mass is 175 g/mol. The highest BCUT2D eigenvalue weighted by Gasteiger charge is 2.06. The van der Waals surface area contributed by atoms with Gasteiger partial charge < -0.3 is 0 Å². The van der Waals surface area contributed by atoms with Crippen LogP contribution in [0, 0.1) is 0 Å². The van der Waals surface area contributed by atoms with Crippen LogP contribution in [0.5, 0.6) is 0 Å². The lowest BCUT2D eigenvalue weighted by Crippen LogP contribution is -1.99. The van der Waals surface area contributed by atoms with E-state index in [1.165, 1.54) is 12.1 Å². The van der Waals surface area contributed by atoms with Crippen LogP contribution < -0.4 is 5.14 Å². The summed E-state index contributed by atoms with van der Waals surface area (Å²) < 4.78 is 20.8. The third-order valence-electron chi connectivity index (χ3n) is 1.04. The molecule has 3 nitrogen and oxygen atoms in total. The van der Waals surface area contributed by atoms with Crippen LogP contribution in [0.2, 0.25) is 0 Å². The lowest BCUT2D eigenvalue weighted by Gasteiger charge is -1.90. The molecular weight excluding hydrogens is 169 g/mol. The van der Waals surface area contributed by atoms with Crippen LogP contribution in [-0.2, 0) is 10.0 Å². The molecule has 11 heavy (non-hydrogen) atoms. The first-order valence-corrected chi connectivity index (χ1v) is 4.07. The molecule has 0 saturated heterocycles. The minimum Gasteiger partial charge on any atom is -0.269 e. The van der Waals surface area contributed by atoms with Gasteiger partial charge >= 0.3 is 0 Å². The average molecular weight is 175 g/mol. The van der Waals surface area contributed by atoms with Gasteiger partial charge in [0.25, 0.3) is 10.0 Å². The topological polar surface area (TPSA) is 56.4 Å². The summed E-state index contributed by atoms with van der Waals surface area (Å²) in [4.78, 5) is -0.0741. The van der Waals surface area contributed by atoms with E-state index in [1.807, 2.05) is 0 Å². The fourth-order valence-corrected chi connectivity index (χ4v) is 1.09. The molecule has 0 heterocycles. The van der Waals surface area contributed by atoms with Gasteiger partial charge in [-0.3, -0.25) is 4.70 Å². The van der Waals surface area contributed by atoms with Crippen LogP contribution >= 0.6 is 0 Å². The molecule has 1 aromatic rings. The minimum atomic E-state index is -4.00. The maximum absolute atomic E-state index is 10.4. The highest BCUT2D eigenvalue weighted by atomic mass is 32.2. The molecule has 0 aliphatic heterocycles. The molecule has 5 heteroatoms. The average Bonchev–Trinajstić information content (AvgIpc) is 1.88. The second kappa shape index (κ2) is 3.45. The van der Waals surface area contributed by atoms with Gasteiger partial charge in [0.05, 0.1) is 4.90 Å². The van der Waals surface area contributed by atoms with Gasteiger partial charge in [-0.2, -0.15) is 0 Å². The standard InChI is InChI=1S/C6H5NO2S.FH/c7-10(8,9)6-4-2-1-3-5-6;/h1-5H;1H. The molecule has 0 spiro atoms. The molecule has 0 saturated carbocycles. The molecule has 60 valence electrons. The lowest BCUT2D eigenvalue weighted by atomic mass is 10.4. The Bertz CT molecular complexity index is 309. The quantitative estimate of drug-likeness (QED) is 0.627. The van der Waals surface area contributed by atoms with Gasteiger partial charge in [-0.05, 0) is 12.1 Å². The van der Waals surface area contributed by atoms with Crippen LogP contribution in [0.4, 0.5) is 4.70 Å². The summed E-state index contributed by atoms with van der Waals surface area (Å²) in [5.41, 5.74) is 0. The summed E-state index contributed by atoms with van der Waals surface area (Å²) in [5, 5.41) is 8.46. The number of halogens is 1. The van der Waals surface area contributed by atoms with Crippen LogP contribution in [-0.4, -0.2) is 8.42 Å². The van der Waals surface area contributed by atoms with Crippen LogP contribution in [0.15, 0.2) is 35.2 Å². The second-order valence-corrected chi connectivity index (χ2v) is 3.21. The number of rotatable bonds is 1. The van der Waals surface area contributed by atoms with E-state index in [4.69, 9.17) is 5.14 Å². The Labute approximate surface area is 64.3 Å². The van der Waals surface area contributed by atoms with Gasteiger partial charge in [0.15, 0.2) is 0 Å². The molecular formula is C6H6FNO2S. The molecule has 1 rings (SSSR count). The summed E-state index contributed by atoms with van der Waals surface area (Å²) in [5.74, 6) is 0. The Morgan fingerprint density at radius 2 is 1.55 bits per heavy atom. The highest BCUT2D eigenvalue weighted by Crippen LogP contribution is 2.04. The minimum absolute atomic E-state index is 0. The first-order chi connectivity index (χ1) is 4.61. The summed E-state index contributed by atoms with van der Waals surface area (Å²) in [6.07, 6.45) is 0. The molecule has 0 aliphatic rings. The third-order valence-corrected chi connectivity index (χ3v) is 1.91. The van der Waals surface area contributed by atoms with Gasteiger partial charge in [0.2, 0.25) is 0 Å². The Balaban J connectivity index is 0.000001000. The van der Waals surface area contributed by atoms with E-state index in [0.29, 0.717) is 0 Å². The highest BCUT2D eigenvalue weighted by molar-refractivity contribution is 7.88. The maximum Gasteiger partial charge on any atom is 0.273 e. The number of benzene rings is 1. The van der Waals surface area contributed by atoms with Crippen molar-refractivity contribution in [3.8, 4) is 0 Å². The van der Waals surface area contributed by atoms with Crippen molar-refractivity contribution in [3.63, 3.8) is 0 Å². The predicted octanol–water partition coefficient (Wildman–Crippen LogP) is 0.597. The van der Waals surface area contributed by atoms with Crippen molar-refractivity contribution in [3.05, 3.63) is 30.3 Å². The van der Waals surface area contributed by atoms with Crippen LogP contribution in [0.1, 0.15) is 0 Å². The molecule has 0 unspecified atom stereocenters. The van der Waals surface area contributed by atoms with E-state index in [1.54, 1.807) is 18.2 Å². The zero-order chi connectivity index (χ0) is 7.61. The molecule has 0 aliphatic carbocycles. The SMILES string of the molecule is F.[N]S(=O)(=O)c1ccccc1. The van der Waals surface area contributed by atoms with E-state index >= 15 is 0 Å². The van der Waals surface area contributed by atoms with Gasteiger partial charge in [-0.1, -0.05) is 18.2 Å². The zero-order valence-electron chi connectivity index (χ0n) is 5.47. The Morgan fingerprint density at radius 3 is 1.82 bits per heavy atom. The van der Waals surface area contributed by atoms with Gasteiger partial charge in [-0.25, -0.2) is 8.42 Å². The van der Waals surface area contributed by atoms with E-state index in [2.05, 4.69) is 0 Å².